The summed E-state index contributed by atoms with van der Waals surface area (Å²) in [6.45, 7) is 0. The summed E-state index contributed by atoms with van der Waals surface area (Å²) >= 11 is 5.57. The van der Waals surface area contributed by atoms with E-state index >= 15 is 0 Å². The minimum atomic E-state index is -2.76. The summed E-state index contributed by atoms with van der Waals surface area (Å²) in [5, 5.41) is 8.31. The lowest BCUT2D eigenvalue weighted by atomic mass is 10.2. The molecule has 1 aromatic rings. The van der Waals surface area contributed by atoms with Gasteiger partial charge in [0.1, 0.15) is 11.4 Å². The van der Waals surface area contributed by atoms with Gasteiger partial charge in [0.05, 0.1) is 30.3 Å². The summed E-state index contributed by atoms with van der Waals surface area (Å²) in [6.07, 6.45) is -2.86. The van der Waals surface area contributed by atoms with Crippen LogP contribution < -0.4 is 4.74 Å². The van der Waals surface area contributed by atoms with Crippen molar-refractivity contribution in [3.05, 3.63) is 22.5 Å². The van der Waals surface area contributed by atoms with Gasteiger partial charge in [-0.2, -0.15) is 5.26 Å². The molecule has 0 bridgehead atoms. The molecule has 3 nitrogen and oxygen atoms in total. The smallest absolute Gasteiger partial charge is 0.281 e. The van der Waals surface area contributed by atoms with E-state index < -0.39 is 12.1 Å². The molecular weight excluding hydrogens is 226 g/mol. The van der Waals surface area contributed by atoms with Crippen molar-refractivity contribution in [2.75, 3.05) is 7.11 Å². The van der Waals surface area contributed by atoms with E-state index in [-0.39, 0.29) is 22.9 Å². The van der Waals surface area contributed by atoms with Crippen LogP contribution in [-0.4, -0.2) is 12.1 Å². The van der Waals surface area contributed by atoms with Crippen LogP contribution in [0, 0.1) is 11.3 Å². The summed E-state index contributed by atoms with van der Waals surface area (Å²) in [5.74, 6) is 0.242. The Labute approximate surface area is 90.3 Å². The zero-order valence-electron chi connectivity index (χ0n) is 7.80. The molecule has 0 saturated carbocycles. The number of nitriles is 1. The number of alkyl halides is 2. The topological polar surface area (TPSA) is 45.9 Å². The van der Waals surface area contributed by atoms with Gasteiger partial charge in [0.15, 0.2) is 0 Å². The molecule has 0 aromatic carbocycles. The predicted molar refractivity (Wildman–Crippen MR) is 50.1 cm³/mol. The normalized spacial score (nSPS) is 10.1. The summed E-state index contributed by atoms with van der Waals surface area (Å²) in [5.41, 5.74) is -0.359. The van der Waals surface area contributed by atoms with Gasteiger partial charge in [-0.05, 0) is 0 Å². The van der Waals surface area contributed by atoms with Crippen LogP contribution in [0.15, 0.2) is 6.07 Å². The van der Waals surface area contributed by atoms with Gasteiger partial charge in [0.25, 0.3) is 6.43 Å². The molecule has 0 atom stereocenters. The molecular formula is C9H7ClF2N2O. The number of halogens is 3. The van der Waals surface area contributed by atoms with Gasteiger partial charge in [-0.15, -0.1) is 0 Å². The third-order valence-electron chi connectivity index (χ3n) is 1.72. The largest absolute Gasteiger partial charge is 0.495 e. The summed E-state index contributed by atoms with van der Waals surface area (Å²) in [7, 11) is 1.36. The Balaban J connectivity index is 3.25. The minimum Gasteiger partial charge on any atom is -0.495 e. The highest BCUT2D eigenvalue weighted by Crippen LogP contribution is 2.30. The fourth-order valence-electron chi connectivity index (χ4n) is 1.06. The maximum Gasteiger partial charge on any atom is 0.281 e. The van der Waals surface area contributed by atoms with Crippen LogP contribution in [0.5, 0.6) is 5.75 Å². The van der Waals surface area contributed by atoms with Gasteiger partial charge >= 0.3 is 0 Å². The average Bonchev–Trinajstić information content (AvgIpc) is 2.20. The first-order chi connectivity index (χ1) is 7.10. The molecule has 0 aliphatic rings. The van der Waals surface area contributed by atoms with Crippen molar-refractivity contribution in [1.29, 1.82) is 5.26 Å². The van der Waals surface area contributed by atoms with Gasteiger partial charge in [-0.25, -0.2) is 13.8 Å². The van der Waals surface area contributed by atoms with Crippen LogP contribution in [0.25, 0.3) is 0 Å². The van der Waals surface area contributed by atoms with E-state index in [2.05, 4.69) is 4.98 Å². The van der Waals surface area contributed by atoms with Crippen molar-refractivity contribution in [2.24, 2.45) is 0 Å². The van der Waals surface area contributed by atoms with Crippen LogP contribution >= 0.6 is 11.6 Å². The molecule has 0 unspecified atom stereocenters. The highest BCUT2D eigenvalue weighted by Gasteiger charge is 2.17. The van der Waals surface area contributed by atoms with E-state index in [1.807, 2.05) is 6.07 Å². The molecule has 0 N–H and O–H groups in total. The molecule has 80 valence electrons. The molecule has 0 radical (unpaired) electrons. The van der Waals surface area contributed by atoms with Crippen molar-refractivity contribution in [2.45, 2.75) is 12.8 Å². The first-order valence-electron chi connectivity index (χ1n) is 3.98. The van der Waals surface area contributed by atoms with Crippen LogP contribution in [-0.2, 0) is 6.42 Å². The van der Waals surface area contributed by atoms with Crippen molar-refractivity contribution in [3.63, 3.8) is 0 Å². The van der Waals surface area contributed by atoms with Crippen LogP contribution in [0.1, 0.15) is 17.8 Å². The molecule has 1 rings (SSSR count). The molecule has 1 heterocycles. The van der Waals surface area contributed by atoms with Crippen molar-refractivity contribution in [1.82, 2.24) is 4.98 Å². The zero-order chi connectivity index (χ0) is 11.4. The number of hydrogen-bond donors (Lipinski definition) is 0. The zero-order valence-corrected chi connectivity index (χ0v) is 8.55. The highest BCUT2D eigenvalue weighted by atomic mass is 35.5. The van der Waals surface area contributed by atoms with Crippen LogP contribution in [0.4, 0.5) is 8.78 Å². The lowest BCUT2D eigenvalue weighted by molar-refractivity contribution is 0.146. The van der Waals surface area contributed by atoms with Crippen molar-refractivity contribution < 1.29 is 13.5 Å². The number of aromatic nitrogens is 1. The third-order valence-corrected chi connectivity index (χ3v) is 2.02. The molecule has 0 saturated heterocycles. The number of ether oxygens (including phenoxy) is 1. The Morgan fingerprint density at radius 2 is 2.33 bits per heavy atom. The van der Waals surface area contributed by atoms with Gasteiger partial charge < -0.3 is 4.74 Å². The lowest BCUT2D eigenvalue weighted by Crippen LogP contribution is -2.00. The summed E-state index contributed by atoms with van der Waals surface area (Å²) < 4.78 is 29.7. The molecule has 0 amide bonds. The van der Waals surface area contributed by atoms with Crippen molar-refractivity contribution >= 4 is 11.6 Å². The Morgan fingerprint density at radius 3 is 2.80 bits per heavy atom. The first kappa shape index (κ1) is 11.7. The van der Waals surface area contributed by atoms with E-state index in [1.54, 1.807) is 0 Å². The van der Waals surface area contributed by atoms with Crippen LogP contribution in [0.2, 0.25) is 5.02 Å². The molecule has 0 aliphatic heterocycles. The fourth-order valence-corrected chi connectivity index (χ4v) is 1.28. The average molecular weight is 233 g/mol. The number of methoxy groups -OCH3 is 1. The van der Waals surface area contributed by atoms with E-state index in [9.17, 15) is 8.78 Å². The van der Waals surface area contributed by atoms with Gasteiger partial charge in [0.2, 0.25) is 0 Å². The number of hydrogen-bond acceptors (Lipinski definition) is 3. The monoisotopic (exact) mass is 232 g/mol. The minimum absolute atomic E-state index is 0.0972. The molecule has 15 heavy (non-hydrogen) atoms. The van der Waals surface area contributed by atoms with Gasteiger partial charge in [-0.3, -0.25) is 0 Å². The molecule has 0 fully saturated rings. The van der Waals surface area contributed by atoms with Crippen molar-refractivity contribution in [3.8, 4) is 11.8 Å². The summed E-state index contributed by atoms with van der Waals surface area (Å²) in [4.78, 5) is 3.60. The Morgan fingerprint density at radius 1 is 1.67 bits per heavy atom. The number of nitrogens with zero attached hydrogens (tertiary/aromatic N) is 2. The van der Waals surface area contributed by atoms with Crippen LogP contribution in [0.3, 0.4) is 0 Å². The van der Waals surface area contributed by atoms with E-state index in [0.717, 1.165) is 0 Å². The van der Waals surface area contributed by atoms with Gasteiger partial charge in [-0.1, -0.05) is 11.6 Å². The quantitative estimate of drug-likeness (QED) is 0.805. The first-order valence-corrected chi connectivity index (χ1v) is 4.36. The standard InChI is InChI=1S/C9H7ClF2N2O/c1-15-7-4-5(10)8(9(11)12)14-6(7)2-3-13/h4,9H,2H2,1H3. The van der Waals surface area contributed by atoms with E-state index in [0.29, 0.717) is 0 Å². The number of pyridine rings is 1. The number of rotatable bonds is 3. The van der Waals surface area contributed by atoms with E-state index in [4.69, 9.17) is 21.6 Å². The Kier molecular flexibility index (Phi) is 3.81. The Bertz CT molecular complexity index is 404. The second kappa shape index (κ2) is 4.89. The van der Waals surface area contributed by atoms with E-state index in [1.165, 1.54) is 13.2 Å². The maximum absolute atomic E-state index is 12.4. The van der Waals surface area contributed by atoms with Gasteiger partial charge in [0, 0.05) is 6.07 Å². The molecule has 6 heteroatoms. The lowest BCUT2D eigenvalue weighted by Gasteiger charge is -2.08. The summed E-state index contributed by atoms with van der Waals surface area (Å²) in [6, 6.07) is 3.05. The SMILES string of the molecule is COc1cc(Cl)c(C(F)F)nc1CC#N. The molecule has 0 aliphatic carbocycles. The molecule has 0 spiro atoms. The predicted octanol–water partition coefficient (Wildman–Crippen LogP) is 2.75. The Hall–Kier alpha value is -1.41. The second-order valence-electron chi connectivity index (χ2n) is 2.64. The fraction of sp³-hybridized carbons (Fsp3) is 0.333. The molecule has 1 aromatic heterocycles. The highest BCUT2D eigenvalue weighted by molar-refractivity contribution is 6.31. The second-order valence-corrected chi connectivity index (χ2v) is 3.05. The maximum atomic E-state index is 12.4. The third kappa shape index (κ3) is 2.54.